The van der Waals surface area contributed by atoms with E-state index in [1.165, 1.54) is 23.1 Å². The van der Waals surface area contributed by atoms with Crippen LogP contribution in [0.4, 0.5) is 10.8 Å². The minimum atomic E-state index is -0.593. The summed E-state index contributed by atoms with van der Waals surface area (Å²) in [6.45, 7) is 6.06. The summed E-state index contributed by atoms with van der Waals surface area (Å²) in [7, 11) is 0. The number of ketones is 1. The van der Waals surface area contributed by atoms with Crippen molar-refractivity contribution in [2.24, 2.45) is 11.1 Å². The Hall–Kier alpha value is -3.65. The zero-order valence-electron chi connectivity index (χ0n) is 22.2. The molecule has 0 bridgehead atoms. The number of Topliss-reactive ketones (excluding diaryl/α,β-unsaturated/α-hetero) is 1. The number of nitrogens with one attached hydrogen (secondary N) is 1. The number of halogens is 1. The quantitative estimate of drug-likeness (QED) is 0.326. The lowest BCUT2D eigenvalue weighted by Crippen LogP contribution is -2.42. The first kappa shape index (κ1) is 27.9. The second-order valence-corrected chi connectivity index (χ2v) is 13.2. The molecule has 3 N–H and O–H groups in total. The first-order valence-electron chi connectivity index (χ1n) is 12.6. The molecule has 5 rings (SSSR count). The highest BCUT2D eigenvalue weighted by atomic mass is 35.5. The molecule has 1 unspecified atom stereocenters. The van der Waals surface area contributed by atoms with Crippen LogP contribution in [0.15, 0.2) is 75.5 Å². The molecule has 0 saturated carbocycles. The fourth-order valence-corrected chi connectivity index (χ4v) is 6.84. The zero-order chi connectivity index (χ0) is 28.6. The van der Waals surface area contributed by atoms with Crippen LogP contribution in [0, 0.1) is 23.7 Å². The molecule has 40 heavy (non-hydrogen) atoms. The van der Waals surface area contributed by atoms with Gasteiger partial charge in [-0.15, -0.1) is 10.2 Å². The summed E-state index contributed by atoms with van der Waals surface area (Å²) in [4.78, 5) is 27.8. The summed E-state index contributed by atoms with van der Waals surface area (Å²) in [5.74, 6) is -0.413. The Labute approximate surface area is 245 Å². The van der Waals surface area contributed by atoms with Gasteiger partial charge in [0.05, 0.1) is 23.3 Å². The van der Waals surface area contributed by atoms with Gasteiger partial charge in [-0.1, -0.05) is 78.4 Å². The van der Waals surface area contributed by atoms with Crippen molar-refractivity contribution in [2.75, 3.05) is 16.0 Å². The second kappa shape index (κ2) is 11.1. The van der Waals surface area contributed by atoms with Crippen LogP contribution in [0.2, 0.25) is 5.02 Å². The summed E-state index contributed by atoms with van der Waals surface area (Å²) in [6.07, 6.45) is 0.925. The molecule has 1 aliphatic heterocycles. The van der Waals surface area contributed by atoms with Gasteiger partial charge >= 0.3 is 0 Å². The van der Waals surface area contributed by atoms with E-state index in [4.69, 9.17) is 17.3 Å². The number of carbonyl (C=O) groups is 2. The third-order valence-corrected chi connectivity index (χ3v) is 9.13. The van der Waals surface area contributed by atoms with E-state index in [-0.39, 0.29) is 34.3 Å². The number of aryl methyl sites for hydroxylation is 1. The predicted octanol–water partition coefficient (Wildman–Crippen LogP) is 6.17. The van der Waals surface area contributed by atoms with E-state index in [9.17, 15) is 14.9 Å². The van der Waals surface area contributed by atoms with Crippen LogP contribution in [0.25, 0.3) is 0 Å². The van der Waals surface area contributed by atoms with Gasteiger partial charge in [0, 0.05) is 28.4 Å². The number of hydrogen-bond donors (Lipinski definition) is 2. The number of nitrogens with zero attached hydrogens (tertiary/aromatic N) is 4. The second-order valence-electron chi connectivity index (χ2n) is 10.6. The van der Waals surface area contributed by atoms with E-state index in [2.05, 4.69) is 21.6 Å². The molecule has 3 aromatic rings. The predicted molar refractivity (Wildman–Crippen MR) is 159 cm³/mol. The lowest BCUT2D eigenvalue weighted by atomic mass is 9.69. The Kier molecular flexibility index (Phi) is 7.73. The number of thioether (sulfide) groups is 1. The maximum Gasteiger partial charge on any atom is 0.234 e. The van der Waals surface area contributed by atoms with Crippen molar-refractivity contribution < 1.29 is 9.59 Å². The van der Waals surface area contributed by atoms with E-state index in [1.807, 2.05) is 57.2 Å². The number of benzene rings is 2. The molecule has 2 aliphatic rings. The lowest BCUT2D eigenvalue weighted by Gasteiger charge is -2.42. The highest BCUT2D eigenvalue weighted by Gasteiger charge is 2.45. The van der Waals surface area contributed by atoms with Gasteiger partial charge in [0.2, 0.25) is 11.0 Å². The van der Waals surface area contributed by atoms with Crippen LogP contribution in [0.1, 0.15) is 43.7 Å². The minimum absolute atomic E-state index is 0.0247. The van der Waals surface area contributed by atoms with E-state index in [1.54, 1.807) is 17.0 Å². The SMILES string of the molecule is Cc1ccc(NC(=O)CSc2nnc(N3C(N)=C(C#N)C(c4ccc(Cl)cc4)C4=C3CC(C)(C)CC4=O)s2)cc1. The highest BCUT2D eigenvalue weighted by Crippen LogP contribution is 2.50. The number of aromatic nitrogens is 2. The van der Waals surface area contributed by atoms with Crippen LogP contribution in [0.5, 0.6) is 0 Å². The van der Waals surface area contributed by atoms with Gasteiger partial charge in [0.25, 0.3) is 0 Å². The number of amides is 1. The summed E-state index contributed by atoms with van der Waals surface area (Å²) >= 11 is 8.64. The van der Waals surface area contributed by atoms with Crippen molar-refractivity contribution in [3.63, 3.8) is 0 Å². The third-order valence-electron chi connectivity index (χ3n) is 6.83. The number of nitrogens with two attached hydrogens (primary N) is 1. The molecular formula is C29H27ClN6O2S2. The molecule has 1 aromatic heterocycles. The Balaban J connectivity index is 1.46. The molecular weight excluding hydrogens is 564 g/mol. The van der Waals surface area contributed by atoms with E-state index in [0.29, 0.717) is 32.9 Å². The Morgan fingerprint density at radius 2 is 1.90 bits per heavy atom. The average Bonchev–Trinajstić information content (AvgIpc) is 3.36. The maximum atomic E-state index is 13.6. The van der Waals surface area contributed by atoms with Crippen molar-refractivity contribution >= 4 is 57.2 Å². The molecule has 0 radical (unpaired) electrons. The first-order valence-corrected chi connectivity index (χ1v) is 14.8. The van der Waals surface area contributed by atoms with Gasteiger partial charge in [-0.3, -0.25) is 14.5 Å². The van der Waals surface area contributed by atoms with Gasteiger partial charge < -0.3 is 11.1 Å². The molecule has 11 heteroatoms. The summed E-state index contributed by atoms with van der Waals surface area (Å²) < 4.78 is 0.573. The van der Waals surface area contributed by atoms with Gasteiger partial charge in [0.1, 0.15) is 5.82 Å². The van der Waals surface area contributed by atoms with Gasteiger partial charge in [-0.2, -0.15) is 5.26 Å². The highest BCUT2D eigenvalue weighted by molar-refractivity contribution is 8.01. The van der Waals surface area contributed by atoms with Gasteiger partial charge in [0.15, 0.2) is 10.1 Å². The van der Waals surface area contributed by atoms with Crippen molar-refractivity contribution in [1.82, 2.24) is 10.2 Å². The molecule has 2 heterocycles. The number of rotatable bonds is 6. The summed E-state index contributed by atoms with van der Waals surface area (Å²) in [5, 5.41) is 22.7. The first-order chi connectivity index (χ1) is 19.1. The maximum absolute atomic E-state index is 13.6. The van der Waals surface area contributed by atoms with Crippen molar-refractivity contribution in [1.29, 1.82) is 5.26 Å². The lowest BCUT2D eigenvalue weighted by molar-refractivity contribution is -0.118. The van der Waals surface area contributed by atoms with E-state index >= 15 is 0 Å². The largest absolute Gasteiger partial charge is 0.384 e. The molecule has 8 nitrogen and oxygen atoms in total. The van der Waals surface area contributed by atoms with Crippen molar-refractivity contribution in [2.45, 2.75) is 43.9 Å². The molecule has 1 aliphatic carbocycles. The number of anilines is 2. The molecule has 0 spiro atoms. The van der Waals surface area contributed by atoms with Crippen LogP contribution in [-0.4, -0.2) is 27.6 Å². The Bertz CT molecular complexity index is 1590. The fraction of sp³-hybridized carbons (Fsp3) is 0.276. The monoisotopic (exact) mass is 590 g/mol. The smallest absolute Gasteiger partial charge is 0.234 e. The fourth-order valence-electron chi connectivity index (χ4n) is 5.03. The number of nitriles is 1. The van der Waals surface area contributed by atoms with Crippen LogP contribution in [0.3, 0.4) is 0 Å². The summed E-state index contributed by atoms with van der Waals surface area (Å²) in [5.41, 5.74) is 10.5. The van der Waals surface area contributed by atoms with E-state index in [0.717, 1.165) is 22.5 Å². The third kappa shape index (κ3) is 5.63. The molecule has 1 amide bonds. The molecule has 0 saturated heterocycles. The van der Waals surface area contributed by atoms with Crippen LogP contribution < -0.4 is 16.0 Å². The standard InChI is InChI=1S/C29H27ClN6O2S2/c1-16-4-10-19(11-5-16)33-23(38)15-39-28-35-34-27(40-28)36-21-12-29(2,3)13-22(37)25(21)24(20(14-31)26(36)32)17-6-8-18(30)9-7-17/h4-11,24H,12-13,15,32H2,1-3H3,(H,33,38). The molecule has 2 aromatic carbocycles. The molecule has 204 valence electrons. The summed E-state index contributed by atoms with van der Waals surface area (Å²) in [6, 6.07) is 17.0. The molecule has 1 atom stereocenters. The van der Waals surface area contributed by atoms with E-state index < -0.39 is 5.92 Å². The van der Waals surface area contributed by atoms with Gasteiger partial charge in [-0.25, -0.2) is 0 Å². The zero-order valence-corrected chi connectivity index (χ0v) is 24.6. The Morgan fingerprint density at radius 3 is 2.58 bits per heavy atom. The normalized spacial score (nSPS) is 18.4. The van der Waals surface area contributed by atoms with Crippen LogP contribution >= 0.6 is 34.7 Å². The number of hydrogen-bond acceptors (Lipinski definition) is 9. The Morgan fingerprint density at radius 1 is 1.20 bits per heavy atom. The topological polar surface area (TPSA) is 125 Å². The number of carbonyl (C=O) groups excluding carboxylic acids is 2. The molecule has 0 fully saturated rings. The van der Waals surface area contributed by atoms with Crippen LogP contribution in [-0.2, 0) is 9.59 Å². The number of allylic oxidation sites excluding steroid dienone is 3. The minimum Gasteiger partial charge on any atom is -0.384 e. The van der Waals surface area contributed by atoms with Gasteiger partial charge in [-0.05, 0) is 48.6 Å². The average molecular weight is 591 g/mol. The van der Waals surface area contributed by atoms with Crippen molar-refractivity contribution in [3.8, 4) is 6.07 Å². The van der Waals surface area contributed by atoms with Crippen molar-refractivity contribution in [3.05, 3.63) is 87.3 Å².